The molecule has 0 aliphatic heterocycles. The van der Waals surface area contributed by atoms with E-state index >= 15 is 0 Å². The quantitative estimate of drug-likeness (QED) is 0.670. The number of carbonyl (C=O) groups is 1. The molecule has 0 bridgehead atoms. The summed E-state index contributed by atoms with van der Waals surface area (Å²) in [6, 6.07) is 4.22. The van der Waals surface area contributed by atoms with E-state index in [9.17, 15) is 14.9 Å². The Hall–Kier alpha value is -2.83. The van der Waals surface area contributed by atoms with Crippen molar-refractivity contribution >= 4 is 17.3 Å². The van der Waals surface area contributed by atoms with Crippen molar-refractivity contribution in [3.8, 4) is 0 Å². The van der Waals surface area contributed by atoms with E-state index in [1.54, 1.807) is 6.92 Å². The zero-order valence-electron chi connectivity index (χ0n) is 10.0. The molecule has 0 saturated carbocycles. The number of anilines is 1. The normalized spacial score (nSPS) is 9.95. The highest BCUT2D eigenvalue weighted by atomic mass is 16.6. The van der Waals surface area contributed by atoms with E-state index in [-0.39, 0.29) is 11.4 Å². The number of non-ortho nitro benzene ring substituents is 1. The summed E-state index contributed by atoms with van der Waals surface area (Å²) >= 11 is 0. The van der Waals surface area contributed by atoms with Crippen LogP contribution in [0.4, 0.5) is 11.4 Å². The fourth-order valence-electron chi connectivity index (χ4n) is 1.50. The first-order valence-corrected chi connectivity index (χ1v) is 5.40. The number of rotatable bonds is 3. The number of nitro groups is 1. The van der Waals surface area contributed by atoms with Crippen molar-refractivity contribution < 1.29 is 9.72 Å². The zero-order valence-corrected chi connectivity index (χ0v) is 10.0. The lowest BCUT2D eigenvalue weighted by molar-refractivity contribution is -0.384. The van der Waals surface area contributed by atoms with Crippen LogP contribution in [0.5, 0.6) is 0 Å². The molecular weight excluding hydrogens is 248 g/mol. The van der Waals surface area contributed by atoms with E-state index in [4.69, 9.17) is 0 Å². The molecule has 0 saturated heterocycles. The smallest absolute Gasteiger partial charge is 0.275 e. The highest BCUT2D eigenvalue weighted by Crippen LogP contribution is 2.21. The summed E-state index contributed by atoms with van der Waals surface area (Å²) in [5.74, 6) is -0.412. The van der Waals surface area contributed by atoms with Gasteiger partial charge in [-0.15, -0.1) is 0 Å². The predicted octanol–water partition coefficient (Wildman–Crippen LogP) is 1.95. The minimum Gasteiger partial charge on any atom is -0.320 e. The molecule has 1 heterocycles. The summed E-state index contributed by atoms with van der Waals surface area (Å²) in [5.41, 5.74) is 1.27. The third-order valence-corrected chi connectivity index (χ3v) is 2.46. The van der Waals surface area contributed by atoms with Crippen molar-refractivity contribution in [3.63, 3.8) is 0 Å². The molecule has 7 heteroatoms. The molecule has 0 aliphatic rings. The molecular formula is C12H10N4O3. The first kappa shape index (κ1) is 12.6. The number of nitrogens with one attached hydrogen (secondary N) is 1. The Morgan fingerprint density at radius 1 is 1.37 bits per heavy atom. The van der Waals surface area contributed by atoms with Gasteiger partial charge in [-0.3, -0.25) is 19.9 Å². The number of nitrogens with zero attached hydrogens (tertiary/aromatic N) is 3. The van der Waals surface area contributed by atoms with E-state index in [0.717, 1.165) is 0 Å². The van der Waals surface area contributed by atoms with Crippen LogP contribution in [0.25, 0.3) is 0 Å². The number of aromatic nitrogens is 2. The van der Waals surface area contributed by atoms with Gasteiger partial charge in [-0.25, -0.2) is 4.98 Å². The van der Waals surface area contributed by atoms with Crippen LogP contribution in [0.1, 0.15) is 16.1 Å². The third-order valence-electron chi connectivity index (χ3n) is 2.46. The van der Waals surface area contributed by atoms with E-state index in [1.807, 2.05) is 0 Å². The molecule has 2 rings (SSSR count). The summed E-state index contributed by atoms with van der Waals surface area (Å²) in [4.78, 5) is 29.6. The van der Waals surface area contributed by atoms with Gasteiger partial charge in [0, 0.05) is 30.2 Å². The Morgan fingerprint density at radius 3 is 2.74 bits per heavy atom. The molecule has 2 aromatic rings. The van der Waals surface area contributed by atoms with Gasteiger partial charge < -0.3 is 5.32 Å². The van der Waals surface area contributed by atoms with Crippen molar-refractivity contribution in [1.29, 1.82) is 0 Å². The average molecular weight is 258 g/mol. The van der Waals surface area contributed by atoms with Crippen LogP contribution in [0, 0.1) is 17.0 Å². The molecule has 0 fully saturated rings. The number of hydrogen-bond acceptors (Lipinski definition) is 5. The second kappa shape index (κ2) is 5.21. The maximum absolute atomic E-state index is 11.8. The largest absolute Gasteiger partial charge is 0.320 e. The summed E-state index contributed by atoms with van der Waals surface area (Å²) < 4.78 is 0. The molecule has 0 atom stereocenters. The summed E-state index contributed by atoms with van der Waals surface area (Å²) in [6.45, 7) is 1.68. The number of aryl methyl sites for hydroxylation is 1. The fraction of sp³-hybridized carbons (Fsp3) is 0.0833. The van der Waals surface area contributed by atoms with Gasteiger partial charge in [-0.1, -0.05) is 0 Å². The van der Waals surface area contributed by atoms with Gasteiger partial charge in [0.2, 0.25) is 0 Å². The van der Waals surface area contributed by atoms with Crippen LogP contribution in [0.15, 0.2) is 36.8 Å². The maximum Gasteiger partial charge on any atom is 0.275 e. The standard InChI is InChI=1S/C12H10N4O3/c1-8-6-9(16(18)19)2-3-10(8)15-12(17)11-7-13-4-5-14-11/h2-7H,1H3,(H,15,17). The van der Waals surface area contributed by atoms with Gasteiger partial charge in [-0.05, 0) is 18.6 Å². The molecule has 1 aromatic heterocycles. The Morgan fingerprint density at radius 2 is 2.16 bits per heavy atom. The number of carbonyl (C=O) groups excluding carboxylic acids is 1. The van der Waals surface area contributed by atoms with Crippen LogP contribution in [-0.4, -0.2) is 20.8 Å². The maximum atomic E-state index is 11.8. The Kier molecular flexibility index (Phi) is 3.46. The van der Waals surface area contributed by atoms with Crippen molar-refractivity contribution in [1.82, 2.24) is 9.97 Å². The molecule has 1 N–H and O–H groups in total. The summed E-state index contributed by atoms with van der Waals surface area (Å²) in [7, 11) is 0. The average Bonchev–Trinajstić information content (AvgIpc) is 2.41. The van der Waals surface area contributed by atoms with E-state index in [2.05, 4.69) is 15.3 Å². The summed E-state index contributed by atoms with van der Waals surface area (Å²) in [6.07, 6.45) is 4.22. The molecule has 19 heavy (non-hydrogen) atoms. The number of amides is 1. The van der Waals surface area contributed by atoms with Crippen molar-refractivity contribution in [2.75, 3.05) is 5.32 Å². The van der Waals surface area contributed by atoms with Crippen LogP contribution in [-0.2, 0) is 0 Å². The van der Waals surface area contributed by atoms with Crippen molar-refractivity contribution in [2.45, 2.75) is 6.92 Å². The lowest BCUT2D eigenvalue weighted by Gasteiger charge is -2.07. The number of nitro benzene ring substituents is 1. The highest BCUT2D eigenvalue weighted by Gasteiger charge is 2.12. The second-order valence-corrected chi connectivity index (χ2v) is 3.80. The molecule has 7 nitrogen and oxygen atoms in total. The van der Waals surface area contributed by atoms with Gasteiger partial charge >= 0.3 is 0 Å². The van der Waals surface area contributed by atoms with Gasteiger partial charge in [0.15, 0.2) is 0 Å². The molecule has 0 aliphatic carbocycles. The van der Waals surface area contributed by atoms with Crippen molar-refractivity contribution in [2.24, 2.45) is 0 Å². The molecule has 0 radical (unpaired) electrons. The topological polar surface area (TPSA) is 98.0 Å². The lowest BCUT2D eigenvalue weighted by Crippen LogP contribution is -2.14. The van der Waals surface area contributed by atoms with Crippen LogP contribution >= 0.6 is 0 Å². The first-order chi connectivity index (χ1) is 9.08. The molecule has 1 aromatic carbocycles. The first-order valence-electron chi connectivity index (χ1n) is 5.40. The third kappa shape index (κ3) is 2.89. The van der Waals surface area contributed by atoms with E-state index in [1.165, 1.54) is 36.8 Å². The second-order valence-electron chi connectivity index (χ2n) is 3.80. The fourth-order valence-corrected chi connectivity index (χ4v) is 1.50. The van der Waals surface area contributed by atoms with Gasteiger partial charge in [0.05, 0.1) is 11.1 Å². The minimum absolute atomic E-state index is 0.0185. The SMILES string of the molecule is Cc1cc([N+](=O)[O-])ccc1NC(=O)c1cnccn1. The summed E-state index contributed by atoms with van der Waals surface area (Å²) in [5, 5.41) is 13.2. The molecule has 1 amide bonds. The molecule has 0 spiro atoms. The van der Waals surface area contributed by atoms with E-state index in [0.29, 0.717) is 11.3 Å². The van der Waals surface area contributed by atoms with Crippen molar-refractivity contribution in [3.05, 3.63) is 58.2 Å². The molecule has 96 valence electrons. The monoisotopic (exact) mass is 258 g/mol. The van der Waals surface area contributed by atoms with E-state index < -0.39 is 10.8 Å². The lowest BCUT2D eigenvalue weighted by atomic mass is 10.1. The van der Waals surface area contributed by atoms with Gasteiger partial charge in [0.25, 0.3) is 11.6 Å². The zero-order chi connectivity index (χ0) is 13.8. The highest BCUT2D eigenvalue weighted by molar-refractivity contribution is 6.03. The Bertz CT molecular complexity index is 628. The van der Waals surface area contributed by atoms with Gasteiger partial charge in [-0.2, -0.15) is 0 Å². The van der Waals surface area contributed by atoms with Gasteiger partial charge in [0.1, 0.15) is 5.69 Å². The van der Waals surface area contributed by atoms with Crippen LogP contribution in [0.2, 0.25) is 0 Å². The Labute approximate surface area is 108 Å². The Balaban J connectivity index is 2.20. The predicted molar refractivity (Wildman–Crippen MR) is 67.8 cm³/mol. The number of hydrogen-bond donors (Lipinski definition) is 1. The number of benzene rings is 1. The van der Waals surface area contributed by atoms with Crippen LogP contribution < -0.4 is 5.32 Å². The minimum atomic E-state index is -0.485. The van der Waals surface area contributed by atoms with Crippen LogP contribution in [0.3, 0.4) is 0 Å². The molecule has 0 unspecified atom stereocenters.